The summed E-state index contributed by atoms with van der Waals surface area (Å²) in [7, 11) is 0. The van der Waals surface area contributed by atoms with Gasteiger partial charge in [-0.15, -0.1) is 11.8 Å². The SMILES string of the molecule is Cc1cc(C)c2c(c1)[C@@]1(SCC(=O)N1c1ccc(F)cc1)C(=O)N2. The van der Waals surface area contributed by atoms with Crippen LogP contribution in [0.25, 0.3) is 0 Å². The van der Waals surface area contributed by atoms with Gasteiger partial charge >= 0.3 is 0 Å². The number of carbonyl (C=O) groups excluding carboxylic acids is 2. The average Bonchev–Trinajstić information content (AvgIpc) is 3.02. The van der Waals surface area contributed by atoms with E-state index in [-0.39, 0.29) is 23.4 Å². The van der Waals surface area contributed by atoms with E-state index in [1.165, 1.54) is 40.9 Å². The zero-order valence-electron chi connectivity index (χ0n) is 13.2. The summed E-state index contributed by atoms with van der Waals surface area (Å²) < 4.78 is 13.3. The molecule has 24 heavy (non-hydrogen) atoms. The Bertz CT molecular complexity index is 881. The van der Waals surface area contributed by atoms with Crippen molar-refractivity contribution in [2.75, 3.05) is 16.0 Å². The minimum atomic E-state index is -1.12. The maximum Gasteiger partial charge on any atom is 0.266 e. The second kappa shape index (κ2) is 5.08. The highest BCUT2D eigenvalue weighted by atomic mass is 32.2. The molecule has 6 heteroatoms. The molecule has 0 saturated carbocycles. The van der Waals surface area contributed by atoms with Crippen molar-refractivity contribution in [3.8, 4) is 0 Å². The van der Waals surface area contributed by atoms with Gasteiger partial charge < -0.3 is 5.32 Å². The van der Waals surface area contributed by atoms with Crippen molar-refractivity contribution >= 4 is 35.0 Å². The quantitative estimate of drug-likeness (QED) is 0.865. The molecule has 2 aliphatic rings. The van der Waals surface area contributed by atoms with E-state index in [1.54, 1.807) is 0 Å². The van der Waals surface area contributed by atoms with Crippen molar-refractivity contribution < 1.29 is 14.0 Å². The van der Waals surface area contributed by atoms with Crippen molar-refractivity contribution in [2.45, 2.75) is 18.7 Å². The largest absolute Gasteiger partial charge is 0.322 e. The molecule has 1 atom stereocenters. The van der Waals surface area contributed by atoms with E-state index in [1.807, 2.05) is 26.0 Å². The maximum absolute atomic E-state index is 13.3. The summed E-state index contributed by atoms with van der Waals surface area (Å²) in [5.41, 5.74) is 4.08. The minimum absolute atomic E-state index is 0.159. The van der Waals surface area contributed by atoms with Gasteiger partial charge in [-0.1, -0.05) is 17.7 Å². The molecule has 1 spiro atoms. The topological polar surface area (TPSA) is 49.4 Å². The van der Waals surface area contributed by atoms with Gasteiger partial charge in [-0.3, -0.25) is 14.5 Å². The molecular formula is C18H15FN2O2S. The first-order chi connectivity index (χ1) is 11.4. The van der Waals surface area contributed by atoms with Gasteiger partial charge in [-0.05, 0) is 43.7 Å². The third kappa shape index (κ3) is 1.92. The Morgan fingerprint density at radius 2 is 1.88 bits per heavy atom. The molecule has 4 nitrogen and oxygen atoms in total. The summed E-state index contributed by atoms with van der Waals surface area (Å²) in [5, 5.41) is 2.93. The first kappa shape index (κ1) is 15.2. The van der Waals surface area contributed by atoms with Crippen molar-refractivity contribution in [3.63, 3.8) is 0 Å². The van der Waals surface area contributed by atoms with Crippen molar-refractivity contribution in [1.29, 1.82) is 0 Å². The van der Waals surface area contributed by atoms with Crippen molar-refractivity contribution in [1.82, 2.24) is 0 Å². The second-order valence-electron chi connectivity index (χ2n) is 6.10. The fourth-order valence-corrected chi connectivity index (χ4v) is 4.77. The van der Waals surface area contributed by atoms with Crippen LogP contribution in [0.2, 0.25) is 0 Å². The van der Waals surface area contributed by atoms with E-state index >= 15 is 0 Å². The average molecular weight is 342 g/mol. The highest BCUT2D eigenvalue weighted by Gasteiger charge is 2.58. The number of amides is 2. The van der Waals surface area contributed by atoms with Gasteiger partial charge in [0.15, 0.2) is 0 Å². The minimum Gasteiger partial charge on any atom is -0.322 e. The number of rotatable bonds is 1. The zero-order chi connectivity index (χ0) is 17.1. The van der Waals surface area contributed by atoms with Crippen LogP contribution in [-0.2, 0) is 14.5 Å². The summed E-state index contributed by atoms with van der Waals surface area (Å²) in [5.74, 6) is -0.563. The summed E-state index contributed by atoms with van der Waals surface area (Å²) in [6.45, 7) is 3.91. The number of thioether (sulfide) groups is 1. The number of nitrogens with one attached hydrogen (secondary N) is 1. The molecule has 2 amide bonds. The molecule has 0 bridgehead atoms. The lowest BCUT2D eigenvalue weighted by Crippen LogP contribution is -2.47. The Labute approximate surface area is 143 Å². The molecule has 4 rings (SSSR count). The number of nitrogens with zero attached hydrogens (tertiary/aromatic N) is 1. The van der Waals surface area contributed by atoms with Crippen LogP contribution < -0.4 is 10.2 Å². The van der Waals surface area contributed by atoms with E-state index in [2.05, 4.69) is 5.32 Å². The van der Waals surface area contributed by atoms with Gasteiger partial charge in [0, 0.05) is 11.3 Å². The molecule has 1 saturated heterocycles. The number of fused-ring (bicyclic) bond motifs is 2. The lowest BCUT2D eigenvalue weighted by atomic mass is 9.99. The van der Waals surface area contributed by atoms with Crippen LogP contribution in [0, 0.1) is 19.7 Å². The number of carbonyl (C=O) groups is 2. The Balaban J connectivity index is 1.95. The molecule has 1 fully saturated rings. The Hall–Kier alpha value is -2.34. The zero-order valence-corrected chi connectivity index (χ0v) is 14.0. The van der Waals surface area contributed by atoms with Gasteiger partial charge in [0.05, 0.1) is 11.4 Å². The monoisotopic (exact) mass is 342 g/mol. The van der Waals surface area contributed by atoms with E-state index in [4.69, 9.17) is 0 Å². The number of aryl methyl sites for hydroxylation is 2. The molecule has 0 radical (unpaired) electrons. The summed E-state index contributed by atoms with van der Waals surface area (Å²) >= 11 is 1.31. The first-order valence-electron chi connectivity index (χ1n) is 7.59. The number of anilines is 2. The Kier molecular flexibility index (Phi) is 3.22. The third-order valence-corrected chi connectivity index (χ3v) is 5.84. The molecule has 2 aliphatic heterocycles. The number of hydrogen-bond donors (Lipinski definition) is 1. The molecule has 2 heterocycles. The second-order valence-corrected chi connectivity index (χ2v) is 7.26. The molecule has 2 aromatic rings. The highest BCUT2D eigenvalue weighted by Crippen LogP contribution is 2.54. The molecule has 0 aliphatic carbocycles. The fourth-order valence-electron chi connectivity index (χ4n) is 3.47. The van der Waals surface area contributed by atoms with Crippen LogP contribution >= 0.6 is 11.8 Å². The molecule has 1 N–H and O–H groups in total. The van der Waals surface area contributed by atoms with E-state index < -0.39 is 4.87 Å². The van der Waals surface area contributed by atoms with Gasteiger partial charge in [0.25, 0.3) is 5.91 Å². The number of halogens is 1. The van der Waals surface area contributed by atoms with Crippen molar-refractivity contribution in [2.24, 2.45) is 0 Å². The van der Waals surface area contributed by atoms with Crippen molar-refractivity contribution in [3.05, 3.63) is 58.9 Å². The van der Waals surface area contributed by atoms with E-state index in [0.29, 0.717) is 5.69 Å². The van der Waals surface area contributed by atoms with Crippen LogP contribution in [0.3, 0.4) is 0 Å². The van der Waals surface area contributed by atoms with Crippen LogP contribution in [0.4, 0.5) is 15.8 Å². The predicted octanol–water partition coefficient (Wildman–Crippen LogP) is 3.33. The number of hydrogen-bond acceptors (Lipinski definition) is 3. The number of benzene rings is 2. The lowest BCUT2D eigenvalue weighted by Gasteiger charge is -2.32. The van der Waals surface area contributed by atoms with Gasteiger partial charge in [0.1, 0.15) is 5.82 Å². The molecule has 0 unspecified atom stereocenters. The van der Waals surface area contributed by atoms with Gasteiger partial charge in [0.2, 0.25) is 10.8 Å². The van der Waals surface area contributed by atoms with Crippen LogP contribution in [0.1, 0.15) is 16.7 Å². The van der Waals surface area contributed by atoms with Gasteiger partial charge in [-0.25, -0.2) is 4.39 Å². The Morgan fingerprint density at radius 3 is 2.58 bits per heavy atom. The maximum atomic E-state index is 13.3. The lowest BCUT2D eigenvalue weighted by molar-refractivity contribution is -0.122. The van der Waals surface area contributed by atoms with E-state index in [0.717, 1.165) is 22.4 Å². The standard InChI is InChI=1S/C18H15FN2O2S/c1-10-7-11(2)16-14(8-10)18(17(23)20-16)21(15(22)9-24-18)13-5-3-12(19)4-6-13/h3-8H,9H2,1-2H3,(H,20,23)/t18-/m1/s1. The van der Waals surface area contributed by atoms with Crippen LogP contribution in [0.5, 0.6) is 0 Å². The fraction of sp³-hybridized carbons (Fsp3) is 0.222. The smallest absolute Gasteiger partial charge is 0.266 e. The predicted molar refractivity (Wildman–Crippen MR) is 92.6 cm³/mol. The normalized spacial score (nSPS) is 22.2. The summed E-state index contributed by atoms with van der Waals surface area (Å²) in [4.78, 5) is 25.9. The first-order valence-corrected chi connectivity index (χ1v) is 8.58. The summed E-state index contributed by atoms with van der Waals surface area (Å²) in [6.07, 6.45) is 0. The molecular weight excluding hydrogens is 327 g/mol. The van der Waals surface area contributed by atoms with Gasteiger partial charge in [-0.2, -0.15) is 0 Å². The molecule has 2 aromatic carbocycles. The highest BCUT2D eigenvalue weighted by molar-refractivity contribution is 8.02. The summed E-state index contributed by atoms with van der Waals surface area (Å²) in [6, 6.07) is 9.62. The van der Waals surface area contributed by atoms with Crippen LogP contribution in [-0.4, -0.2) is 17.6 Å². The molecule has 122 valence electrons. The van der Waals surface area contributed by atoms with Crippen LogP contribution in [0.15, 0.2) is 36.4 Å². The Morgan fingerprint density at radius 1 is 1.17 bits per heavy atom. The third-order valence-electron chi connectivity index (χ3n) is 4.44. The van der Waals surface area contributed by atoms with E-state index in [9.17, 15) is 14.0 Å². The molecule has 0 aromatic heterocycles.